The highest BCUT2D eigenvalue weighted by atomic mass is 16.5. The number of rotatable bonds is 9. The van der Waals surface area contributed by atoms with Gasteiger partial charge in [0.25, 0.3) is 0 Å². The van der Waals surface area contributed by atoms with Crippen molar-refractivity contribution >= 4 is 0 Å². The Labute approximate surface area is 129 Å². The van der Waals surface area contributed by atoms with Crippen molar-refractivity contribution < 1.29 is 4.74 Å². The molecule has 2 rings (SSSR count). The van der Waals surface area contributed by atoms with Crippen molar-refractivity contribution in [2.24, 2.45) is 0 Å². The number of nitrogens with one attached hydrogen (secondary N) is 1. The maximum atomic E-state index is 5.62. The van der Waals surface area contributed by atoms with Crippen LogP contribution in [0, 0.1) is 0 Å². The maximum Gasteiger partial charge on any atom is 0.119 e. The van der Waals surface area contributed by atoms with E-state index in [1.807, 2.05) is 0 Å². The van der Waals surface area contributed by atoms with Gasteiger partial charge in [-0.05, 0) is 76.5 Å². The molecule has 0 bridgehead atoms. The van der Waals surface area contributed by atoms with Crippen LogP contribution in [0.25, 0.3) is 0 Å². The van der Waals surface area contributed by atoms with Gasteiger partial charge >= 0.3 is 0 Å². The average molecular weight is 290 g/mol. The highest BCUT2D eigenvalue weighted by molar-refractivity contribution is 5.28. The van der Waals surface area contributed by atoms with Crippen LogP contribution in [0.4, 0.5) is 0 Å². The largest absolute Gasteiger partial charge is 0.494 e. The zero-order valence-electron chi connectivity index (χ0n) is 13.6. The van der Waals surface area contributed by atoms with Gasteiger partial charge in [0.1, 0.15) is 5.75 Å². The second-order valence-electron chi connectivity index (χ2n) is 6.00. The van der Waals surface area contributed by atoms with Crippen LogP contribution in [0.5, 0.6) is 5.75 Å². The lowest BCUT2D eigenvalue weighted by atomic mass is 10.1. The van der Waals surface area contributed by atoms with Crippen LogP contribution in [-0.4, -0.2) is 37.7 Å². The molecule has 1 saturated heterocycles. The molecule has 1 aliphatic heterocycles. The van der Waals surface area contributed by atoms with Gasteiger partial charge in [0, 0.05) is 6.04 Å². The second-order valence-corrected chi connectivity index (χ2v) is 6.00. The highest BCUT2D eigenvalue weighted by Crippen LogP contribution is 2.17. The molecule has 1 atom stereocenters. The van der Waals surface area contributed by atoms with Gasteiger partial charge in [-0.15, -0.1) is 0 Å². The number of hydrogen-bond donors (Lipinski definition) is 1. The summed E-state index contributed by atoms with van der Waals surface area (Å²) in [5.41, 5.74) is 1.33. The van der Waals surface area contributed by atoms with Crippen molar-refractivity contribution in [3.8, 4) is 5.75 Å². The van der Waals surface area contributed by atoms with Crippen LogP contribution >= 0.6 is 0 Å². The van der Waals surface area contributed by atoms with E-state index >= 15 is 0 Å². The summed E-state index contributed by atoms with van der Waals surface area (Å²) in [6.07, 6.45) is 5.06. The van der Waals surface area contributed by atoms with E-state index in [1.165, 1.54) is 44.5 Å². The van der Waals surface area contributed by atoms with E-state index in [-0.39, 0.29) is 0 Å². The Hall–Kier alpha value is -1.06. The van der Waals surface area contributed by atoms with Crippen LogP contribution in [0.3, 0.4) is 0 Å². The molecular weight excluding hydrogens is 260 g/mol. The number of nitrogens with zero attached hydrogens (tertiary/aromatic N) is 1. The molecule has 0 spiro atoms. The van der Waals surface area contributed by atoms with E-state index in [0.29, 0.717) is 6.04 Å². The van der Waals surface area contributed by atoms with Crippen LogP contribution in [0.15, 0.2) is 24.3 Å². The Kier molecular flexibility index (Phi) is 7.04. The van der Waals surface area contributed by atoms with Gasteiger partial charge in [-0.25, -0.2) is 0 Å². The summed E-state index contributed by atoms with van der Waals surface area (Å²) in [4.78, 5) is 2.58. The van der Waals surface area contributed by atoms with Crippen molar-refractivity contribution in [2.75, 3.05) is 32.8 Å². The number of benzene rings is 1. The molecule has 3 nitrogen and oxygen atoms in total. The van der Waals surface area contributed by atoms with Gasteiger partial charge < -0.3 is 15.0 Å². The molecule has 1 N–H and O–H groups in total. The summed E-state index contributed by atoms with van der Waals surface area (Å²) >= 11 is 0. The summed E-state index contributed by atoms with van der Waals surface area (Å²) in [6.45, 7) is 10.1. The molecule has 0 aliphatic carbocycles. The van der Waals surface area contributed by atoms with Crippen molar-refractivity contribution in [1.82, 2.24) is 10.2 Å². The third-order valence-electron chi connectivity index (χ3n) is 4.15. The SMILES string of the molecule is CCCOc1ccc(C(C)NCCCN2CCCC2)cc1. The molecular formula is C18H30N2O. The standard InChI is InChI=1S/C18H30N2O/c1-3-15-21-18-9-7-17(8-10-18)16(2)19-11-6-14-20-12-4-5-13-20/h7-10,16,19H,3-6,11-15H2,1-2H3. The van der Waals surface area contributed by atoms with E-state index in [2.05, 4.69) is 48.3 Å². The first-order chi connectivity index (χ1) is 10.3. The first-order valence-electron chi connectivity index (χ1n) is 8.48. The van der Waals surface area contributed by atoms with Crippen molar-refractivity contribution in [1.29, 1.82) is 0 Å². The molecule has 0 aromatic heterocycles. The quantitative estimate of drug-likeness (QED) is 0.703. The minimum absolute atomic E-state index is 0.406. The van der Waals surface area contributed by atoms with Gasteiger partial charge in [0.2, 0.25) is 0 Å². The molecule has 1 fully saturated rings. The molecule has 1 heterocycles. The lowest BCUT2D eigenvalue weighted by Gasteiger charge is -2.17. The summed E-state index contributed by atoms with van der Waals surface area (Å²) in [5.74, 6) is 0.974. The predicted octanol–water partition coefficient (Wildman–Crippen LogP) is 3.61. The Morgan fingerprint density at radius 2 is 1.90 bits per heavy atom. The minimum atomic E-state index is 0.406. The van der Waals surface area contributed by atoms with E-state index < -0.39 is 0 Å². The van der Waals surface area contributed by atoms with E-state index in [9.17, 15) is 0 Å². The molecule has 3 heteroatoms. The van der Waals surface area contributed by atoms with Gasteiger partial charge in [0.15, 0.2) is 0 Å². The molecule has 0 radical (unpaired) electrons. The number of ether oxygens (including phenoxy) is 1. The average Bonchev–Trinajstić information content (AvgIpc) is 3.03. The normalized spacial score (nSPS) is 17.0. The Bertz CT molecular complexity index is 385. The second kappa shape index (κ2) is 9.06. The zero-order chi connectivity index (χ0) is 14.9. The Balaban J connectivity index is 1.66. The molecule has 1 aromatic rings. The third-order valence-corrected chi connectivity index (χ3v) is 4.15. The fraction of sp³-hybridized carbons (Fsp3) is 0.667. The topological polar surface area (TPSA) is 24.5 Å². The Morgan fingerprint density at radius 1 is 1.19 bits per heavy atom. The summed E-state index contributed by atoms with van der Waals surface area (Å²) in [6, 6.07) is 8.90. The van der Waals surface area contributed by atoms with Crippen LogP contribution in [0.1, 0.15) is 51.1 Å². The fourth-order valence-corrected chi connectivity index (χ4v) is 2.82. The Morgan fingerprint density at radius 3 is 2.57 bits per heavy atom. The lowest BCUT2D eigenvalue weighted by molar-refractivity contribution is 0.317. The van der Waals surface area contributed by atoms with E-state index in [4.69, 9.17) is 4.74 Å². The highest BCUT2D eigenvalue weighted by Gasteiger charge is 2.10. The number of likely N-dealkylation sites (tertiary alicyclic amines) is 1. The molecule has 1 aliphatic rings. The van der Waals surface area contributed by atoms with Crippen molar-refractivity contribution in [3.63, 3.8) is 0 Å². The maximum absolute atomic E-state index is 5.62. The monoisotopic (exact) mass is 290 g/mol. The van der Waals surface area contributed by atoms with E-state index in [0.717, 1.165) is 25.3 Å². The van der Waals surface area contributed by atoms with Crippen LogP contribution in [0.2, 0.25) is 0 Å². The van der Waals surface area contributed by atoms with Crippen molar-refractivity contribution in [3.05, 3.63) is 29.8 Å². The van der Waals surface area contributed by atoms with Gasteiger partial charge in [-0.1, -0.05) is 19.1 Å². The van der Waals surface area contributed by atoms with Crippen molar-refractivity contribution in [2.45, 2.75) is 45.6 Å². The molecule has 0 saturated carbocycles. The molecule has 1 aromatic carbocycles. The molecule has 118 valence electrons. The predicted molar refractivity (Wildman–Crippen MR) is 88.9 cm³/mol. The fourth-order valence-electron chi connectivity index (χ4n) is 2.82. The first kappa shape index (κ1) is 16.3. The van der Waals surface area contributed by atoms with Gasteiger partial charge in [0.05, 0.1) is 6.61 Å². The zero-order valence-corrected chi connectivity index (χ0v) is 13.6. The van der Waals surface area contributed by atoms with Crippen LogP contribution < -0.4 is 10.1 Å². The molecule has 0 amide bonds. The van der Waals surface area contributed by atoms with Gasteiger partial charge in [-0.3, -0.25) is 0 Å². The van der Waals surface area contributed by atoms with Gasteiger partial charge in [-0.2, -0.15) is 0 Å². The van der Waals surface area contributed by atoms with Crippen LogP contribution in [-0.2, 0) is 0 Å². The third kappa shape index (κ3) is 5.68. The summed E-state index contributed by atoms with van der Waals surface area (Å²) < 4.78 is 5.62. The molecule has 21 heavy (non-hydrogen) atoms. The minimum Gasteiger partial charge on any atom is -0.494 e. The number of hydrogen-bond acceptors (Lipinski definition) is 3. The summed E-state index contributed by atoms with van der Waals surface area (Å²) in [5, 5.41) is 3.62. The first-order valence-corrected chi connectivity index (χ1v) is 8.48. The van der Waals surface area contributed by atoms with E-state index in [1.54, 1.807) is 0 Å². The summed E-state index contributed by atoms with van der Waals surface area (Å²) in [7, 11) is 0. The smallest absolute Gasteiger partial charge is 0.119 e. The molecule has 1 unspecified atom stereocenters. The lowest BCUT2D eigenvalue weighted by Crippen LogP contribution is -2.26.